The summed E-state index contributed by atoms with van der Waals surface area (Å²) in [5, 5.41) is 5.42. The van der Waals surface area contributed by atoms with Gasteiger partial charge in [-0.15, -0.1) is 0 Å². The van der Waals surface area contributed by atoms with Crippen LogP contribution in [0, 0.1) is 11.8 Å². The number of rotatable bonds is 10. The minimum atomic E-state index is -0.704. The fourth-order valence-corrected chi connectivity index (χ4v) is 8.97. The molecule has 2 aromatic heterocycles. The van der Waals surface area contributed by atoms with Crippen LogP contribution in [0.1, 0.15) is 89.1 Å². The summed E-state index contributed by atoms with van der Waals surface area (Å²) in [6, 6.07) is 8.52. The molecule has 8 rings (SSSR count). The number of H-pyrrole nitrogens is 2. The van der Waals surface area contributed by atoms with Crippen LogP contribution in [0.5, 0.6) is 11.5 Å². The summed E-state index contributed by atoms with van der Waals surface area (Å²) in [4.78, 5) is 74.0. The highest BCUT2D eigenvalue weighted by molar-refractivity contribution is 5.88. The maximum atomic E-state index is 13.7. The Hall–Kier alpha value is -6.06. The van der Waals surface area contributed by atoms with Gasteiger partial charge >= 0.3 is 12.2 Å². The lowest BCUT2D eigenvalue weighted by atomic mass is 9.95. The van der Waals surface area contributed by atoms with E-state index in [1.165, 1.54) is 19.8 Å². The van der Waals surface area contributed by atoms with Crippen molar-refractivity contribution in [2.45, 2.75) is 90.4 Å². The normalized spacial score (nSPS) is 19.2. The van der Waals surface area contributed by atoms with Gasteiger partial charge < -0.3 is 49.5 Å². The van der Waals surface area contributed by atoms with Gasteiger partial charge in [0.1, 0.15) is 23.7 Å². The zero-order chi connectivity index (χ0) is 41.5. The molecule has 2 aromatic carbocycles. The molecule has 0 bridgehead atoms. The number of methoxy groups -OCH3 is 2. The number of benzene rings is 2. The largest absolute Gasteiger partial charge is 0.453 e. The van der Waals surface area contributed by atoms with Gasteiger partial charge in [-0.2, -0.15) is 0 Å². The number of hydrogen-bond acceptors (Lipinski definition) is 10. The number of anilines is 2. The average molecular weight is 808 g/mol. The highest BCUT2D eigenvalue weighted by atomic mass is 16.5. The summed E-state index contributed by atoms with van der Waals surface area (Å²) in [7, 11) is 2.58. The number of imidazole rings is 2. The number of amides is 4. The van der Waals surface area contributed by atoms with Crippen LogP contribution < -0.4 is 20.3 Å². The first-order chi connectivity index (χ1) is 28.4. The predicted octanol–water partition coefficient (Wildman–Crippen LogP) is 6.75. The van der Waals surface area contributed by atoms with E-state index in [9.17, 15) is 19.2 Å². The van der Waals surface area contributed by atoms with E-state index < -0.39 is 24.3 Å². The third-order valence-corrected chi connectivity index (χ3v) is 12.0. The molecule has 16 nitrogen and oxygen atoms in total. The van der Waals surface area contributed by atoms with Gasteiger partial charge in [0.25, 0.3) is 0 Å². The first kappa shape index (κ1) is 39.8. The minimum Gasteiger partial charge on any atom is -0.453 e. The predicted molar refractivity (Wildman–Crippen MR) is 219 cm³/mol. The molecule has 4 atom stereocenters. The Balaban J connectivity index is 1.01. The van der Waals surface area contributed by atoms with Crippen LogP contribution in [0.15, 0.2) is 42.7 Å². The molecule has 6 heterocycles. The number of carbonyl (C=O) groups excluding carboxylic acids is 4. The van der Waals surface area contributed by atoms with E-state index in [1.807, 2.05) is 62.0 Å². The van der Waals surface area contributed by atoms with Crippen molar-refractivity contribution in [2.24, 2.45) is 11.8 Å². The first-order valence-corrected chi connectivity index (χ1v) is 20.6. The van der Waals surface area contributed by atoms with E-state index in [0.717, 1.165) is 90.5 Å². The number of nitrogens with one attached hydrogen (secondary N) is 4. The van der Waals surface area contributed by atoms with E-state index in [0.29, 0.717) is 24.7 Å². The quantitative estimate of drug-likeness (QED) is 0.134. The number of aryl methyl sites for hydroxylation is 1. The van der Waals surface area contributed by atoms with Crippen LogP contribution in [0.4, 0.5) is 21.0 Å². The number of aromatic nitrogens is 4. The molecular weight excluding hydrogens is 755 g/mol. The molecule has 312 valence electrons. The Morgan fingerprint density at radius 2 is 1.29 bits per heavy atom. The number of aromatic amines is 2. The lowest BCUT2D eigenvalue weighted by Gasteiger charge is -2.38. The Morgan fingerprint density at radius 1 is 0.729 bits per heavy atom. The summed E-state index contributed by atoms with van der Waals surface area (Å²) in [6.45, 7) is 9.62. The van der Waals surface area contributed by atoms with Crippen molar-refractivity contribution in [1.29, 1.82) is 0 Å². The van der Waals surface area contributed by atoms with Crippen molar-refractivity contribution >= 4 is 35.4 Å². The summed E-state index contributed by atoms with van der Waals surface area (Å²) in [6.07, 6.45) is 7.44. The molecule has 4 aliphatic rings. The van der Waals surface area contributed by atoms with Crippen LogP contribution >= 0.6 is 0 Å². The minimum absolute atomic E-state index is 0.118. The average Bonchev–Trinajstić information content (AvgIpc) is 4.08. The molecule has 4 N–H and O–H groups in total. The van der Waals surface area contributed by atoms with Crippen molar-refractivity contribution in [1.82, 2.24) is 40.4 Å². The summed E-state index contributed by atoms with van der Waals surface area (Å²) >= 11 is 0. The smallest absolute Gasteiger partial charge is 0.407 e. The molecule has 16 heteroatoms. The zero-order valence-electron chi connectivity index (χ0n) is 34.5. The van der Waals surface area contributed by atoms with Crippen molar-refractivity contribution < 1.29 is 33.4 Å². The molecule has 0 saturated carbocycles. The van der Waals surface area contributed by atoms with Crippen LogP contribution in [0.2, 0.25) is 0 Å². The summed E-state index contributed by atoms with van der Waals surface area (Å²) in [5.74, 6) is 2.42. The maximum absolute atomic E-state index is 13.7. The van der Waals surface area contributed by atoms with Crippen LogP contribution in [-0.2, 0) is 25.5 Å². The van der Waals surface area contributed by atoms with Gasteiger partial charge in [-0.25, -0.2) is 19.6 Å². The van der Waals surface area contributed by atoms with Crippen molar-refractivity contribution in [2.75, 3.05) is 38.8 Å². The molecule has 0 spiro atoms. The number of ether oxygens (including phenoxy) is 3. The van der Waals surface area contributed by atoms with E-state index >= 15 is 0 Å². The van der Waals surface area contributed by atoms with Gasteiger partial charge in [0, 0.05) is 30.8 Å². The Labute approximate surface area is 343 Å². The third-order valence-electron chi connectivity index (χ3n) is 12.0. The lowest BCUT2D eigenvalue weighted by molar-refractivity contribution is -0.136. The molecule has 0 radical (unpaired) electrons. The number of alkyl carbamates (subject to hydrolysis) is 2. The van der Waals surface area contributed by atoms with Gasteiger partial charge in [0.15, 0.2) is 11.5 Å². The van der Waals surface area contributed by atoms with Crippen LogP contribution in [0.3, 0.4) is 0 Å². The number of carbonyl (C=O) groups is 4. The zero-order valence-corrected chi connectivity index (χ0v) is 34.5. The molecule has 59 heavy (non-hydrogen) atoms. The molecule has 4 amide bonds. The van der Waals surface area contributed by atoms with Crippen LogP contribution in [0.25, 0.3) is 22.5 Å². The number of fused-ring (bicyclic) bond motifs is 2. The third kappa shape index (κ3) is 7.56. The Bertz CT molecular complexity index is 2250. The van der Waals surface area contributed by atoms with Gasteiger partial charge in [-0.1, -0.05) is 27.7 Å². The topological polar surface area (TPSA) is 187 Å². The van der Waals surface area contributed by atoms with Gasteiger partial charge in [-0.3, -0.25) is 9.59 Å². The fourth-order valence-electron chi connectivity index (χ4n) is 8.97. The van der Waals surface area contributed by atoms with Gasteiger partial charge in [0.2, 0.25) is 11.8 Å². The number of hydrogen-bond donors (Lipinski definition) is 4. The number of nitrogens with zero attached hydrogens (tertiary/aromatic N) is 5. The van der Waals surface area contributed by atoms with E-state index in [-0.39, 0.29) is 35.7 Å². The molecule has 2 fully saturated rings. The van der Waals surface area contributed by atoms with E-state index in [1.54, 1.807) is 0 Å². The second kappa shape index (κ2) is 16.3. The fraction of sp³-hybridized carbons (Fsp3) is 0.488. The van der Waals surface area contributed by atoms with Gasteiger partial charge in [0.05, 0.1) is 61.5 Å². The Kier molecular flexibility index (Phi) is 11.0. The van der Waals surface area contributed by atoms with Crippen molar-refractivity contribution in [3.05, 3.63) is 59.9 Å². The van der Waals surface area contributed by atoms with Crippen LogP contribution in [-0.4, -0.2) is 99.7 Å². The molecule has 2 saturated heterocycles. The highest BCUT2D eigenvalue weighted by Crippen LogP contribution is 2.52. The summed E-state index contributed by atoms with van der Waals surface area (Å²) in [5.41, 5.74) is 6.79. The Morgan fingerprint density at radius 3 is 1.83 bits per heavy atom. The monoisotopic (exact) mass is 807 g/mol. The standard InChI is InChI=1S/C43H53N9O7/c1-23(2)35(48-42(55)57-5)40(53)51-16-8-11-30(51)38-44-21-28(46-38)25-13-14-33-32(19-25)50-15-7-10-26-18-27(20-34(59-33)37(26)50)29-22-45-39(47-29)31-12-9-17-52(31)41(54)36(24(3)4)49-43(56)58-6/h13-14,18-24,30-31,35-36H,7-12,15-17H2,1-6H3,(H,44,46)(H,45,47)(H,48,55)(H,49,56)/t30-,31-,35-,36-/m0/s1. The molecule has 0 aliphatic carbocycles. The number of likely N-dealkylation sites (tertiary alicyclic amines) is 2. The van der Waals surface area contributed by atoms with Crippen molar-refractivity contribution in [3.8, 4) is 34.0 Å². The highest BCUT2D eigenvalue weighted by Gasteiger charge is 2.39. The van der Waals surface area contributed by atoms with E-state index in [2.05, 4.69) is 43.7 Å². The lowest BCUT2D eigenvalue weighted by Crippen LogP contribution is -2.51. The molecule has 4 aliphatic heterocycles. The second-order valence-electron chi connectivity index (χ2n) is 16.5. The van der Waals surface area contributed by atoms with E-state index in [4.69, 9.17) is 24.2 Å². The molecule has 0 unspecified atom stereocenters. The molecular formula is C43H53N9O7. The second-order valence-corrected chi connectivity index (χ2v) is 16.5. The SMILES string of the molecule is COC(=O)N[C@H](C(=O)N1CCC[C@H]1c1ncc(-c2cc3c4c(c2)Oc2ccc(-c5cnc([C@@H]6CCCN6C(=O)[C@@H](NC(=O)OC)C(C)C)[nH]5)cc2N4CCC3)[nH]1)C(C)C. The maximum Gasteiger partial charge on any atom is 0.407 e. The summed E-state index contributed by atoms with van der Waals surface area (Å²) < 4.78 is 16.2. The molecule has 4 aromatic rings. The van der Waals surface area contributed by atoms with Crippen molar-refractivity contribution in [3.63, 3.8) is 0 Å². The van der Waals surface area contributed by atoms with Gasteiger partial charge in [-0.05, 0) is 86.3 Å². The first-order valence-electron chi connectivity index (χ1n) is 20.6.